The maximum absolute atomic E-state index is 12.8. The number of rotatable bonds is 5. The van der Waals surface area contributed by atoms with Gasteiger partial charge >= 0.3 is 12.4 Å². The fourth-order valence-electron chi connectivity index (χ4n) is 1.74. The Morgan fingerprint density at radius 2 is 1.81 bits per heavy atom. The molecule has 1 heterocycles. The van der Waals surface area contributed by atoms with Crippen LogP contribution in [0.4, 0.5) is 43.7 Å². The number of aromatic nitrogens is 2. The number of alkyl halides is 6. The molecule has 13 heteroatoms. The third-order valence-corrected chi connectivity index (χ3v) is 2.78. The van der Waals surface area contributed by atoms with Gasteiger partial charge in [-0.2, -0.15) is 31.3 Å². The summed E-state index contributed by atoms with van der Waals surface area (Å²) in [5.74, 6) is -1.96. The van der Waals surface area contributed by atoms with Crippen molar-refractivity contribution >= 4 is 17.3 Å². The summed E-state index contributed by atoms with van der Waals surface area (Å²) in [7, 11) is 0. The van der Waals surface area contributed by atoms with Gasteiger partial charge in [0.15, 0.2) is 6.61 Å². The zero-order valence-electron chi connectivity index (χ0n) is 12.4. The van der Waals surface area contributed by atoms with E-state index in [4.69, 9.17) is 0 Å². The molecule has 0 spiro atoms. The van der Waals surface area contributed by atoms with Gasteiger partial charge in [-0.25, -0.2) is 4.98 Å². The normalized spacial score (nSPS) is 11.9. The number of nitro groups is 1. The summed E-state index contributed by atoms with van der Waals surface area (Å²) in [5.41, 5.74) is -2.22. The number of anilines is 2. The molecular formula is C13H8F6N4O3. The predicted octanol–water partition coefficient (Wildman–Crippen LogP) is 4.09. The average molecular weight is 382 g/mol. The average Bonchev–Trinajstić information content (AvgIpc) is 2.51. The van der Waals surface area contributed by atoms with Gasteiger partial charge in [-0.1, -0.05) is 12.1 Å². The highest BCUT2D eigenvalue weighted by atomic mass is 19.4. The molecule has 1 aromatic heterocycles. The van der Waals surface area contributed by atoms with Gasteiger partial charge in [-0.05, 0) is 6.07 Å². The minimum absolute atomic E-state index is 0.168. The summed E-state index contributed by atoms with van der Waals surface area (Å²) in [6.45, 7) is -2.00. The first-order valence-electron chi connectivity index (χ1n) is 6.61. The zero-order valence-corrected chi connectivity index (χ0v) is 12.4. The van der Waals surface area contributed by atoms with E-state index in [0.29, 0.717) is 0 Å². The second kappa shape index (κ2) is 7.01. The van der Waals surface area contributed by atoms with E-state index in [-0.39, 0.29) is 11.9 Å². The molecule has 140 valence electrons. The molecule has 1 aromatic carbocycles. The zero-order chi connectivity index (χ0) is 19.5. The van der Waals surface area contributed by atoms with Crippen molar-refractivity contribution in [1.82, 2.24) is 9.97 Å². The van der Waals surface area contributed by atoms with Crippen LogP contribution < -0.4 is 10.1 Å². The van der Waals surface area contributed by atoms with E-state index in [1.54, 1.807) is 0 Å². The molecule has 0 radical (unpaired) electrons. The highest BCUT2D eigenvalue weighted by Gasteiger charge is 2.38. The van der Waals surface area contributed by atoms with E-state index in [2.05, 4.69) is 20.0 Å². The van der Waals surface area contributed by atoms with E-state index in [0.717, 1.165) is 6.07 Å². The van der Waals surface area contributed by atoms with E-state index in [9.17, 15) is 36.5 Å². The lowest BCUT2D eigenvalue weighted by Gasteiger charge is -2.15. The number of nitrogens with zero attached hydrogens (tertiary/aromatic N) is 3. The fourth-order valence-corrected chi connectivity index (χ4v) is 1.74. The van der Waals surface area contributed by atoms with Crippen LogP contribution in [0.1, 0.15) is 5.56 Å². The molecule has 0 amide bonds. The molecule has 0 fully saturated rings. The molecule has 26 heavy (non-hydrogen) atoms. The maximum atomic E-state index is 12.8. The van der Waals surface area contributed by atoms with Crippen LogP contribution in [0.3, 0.4) is 0 Å². The molecule has 2 rings (SSSR count). The van der Waals surface area contributed by atoms with Crippen LogP contribution in [-0.4, -0.2) is 27.7 Å². The molecule has 0 saturated heterocycles. The number of nitrogens with one attached hydrogen (secondary N) is 1. The summed E-state index contributed by atoms with van der Waals surface area (Å²) in [6, 6.07) is 5.05. The molecule has 7 nitrogen and oxygen atoms in total. The Bertz CT molecular complexity index is 809. The molecule has 0 aliphatic rings. The van der Waals surface area contributed by atoms with Crippen molar-refractivity contribution in [2.45, 2.75) is 12.4 Å². The molecule has 0 aliphatic heterocycles. The van der Waals surface area contributed by atoms with Crippen LogP contribution in [0.15, 0.2) is 30.5 Å². The van der Waals surface area contributed by atoms with Gasteiger partial charge < -0.3 is 10.1 Å². The van der Waals surface area contributed by atoms with Crippen molar-refractivity contribution in [1.29, 1.82) is 0 Å². The number of ether oxygens (including phenoxy) is 1. The Kier molecular flexibility index (Phi) is 5.18. The summed E-state index contributed by atoms with van der Waals surface area (Å²) in [5, 5.41) is 13.2. The monoisotopic (exact) mass is 382 g/mol. The van der Waals surface area contributed by atoms with Crippen LogP contribution >= 0.6 is 0 Å². The third-order valence-electron chi connectivity index (χ3n) is 2.78. The van der Waals surface area contributed by atoms with Crippen LogP contribution in [-0.2, 0) is 6.18 Å². The quantitative estimate of drug-likeness (QED) is 0.476. The highest BCUT2D eigenvalue weighted by molar-refractivity contribution is 5.66. The van der Waals surface area contributed by atoms with Gasteiger partial charge in [0.05, 0.1) is 4.92 Å². The summed E-state index contributed by atoms with van der Waals surface area (Å²) in [6.07, 6.45) is -9.73. The van der Waals surface area contributed by atoms with Crippen LogP contribution in [0.2, 0.25) is 0 Å². The van der Waals surface area contributed by atoms with E-state index < -0.39 is 47.0 Å². The molecule has 0 bridgehead atoms. The first-order chi connectivity index (χ1) is 12.0. The minimum atomic E-state index is -5.06. The largest absolute Gasteiger partial charge is 0.467 e. The summed E-state index contributed by atoms with van der Waals surface area (Å²) >= 11 is 0. The van der Waals surface area contributed by atoms with E-state index in [1.165, 1.54) is 18.2 Å². The van der Waals surface area contributed by atoms with Crippen LogP contribution in [0.5, 0.6) is 5.88 Å². The van der Waals surface area contributed by atoms with Gasteiger partial charge in [-0.15, -0.1) is 0 Å². The van der Waals surface area contributed by atoms with Gasteiger partial charge in [-0.3, -0.25) is 10.1 Å². The number of hydrogen-bond donors (Lipinski definition) is 1. The smallest absolute Gasteiger partial charge is 0.423 e. The first kappa shape index (κ1) is 19.2. The van der Waals surface area contributed by atoms with Crippen LogP contribution in [0, 0.1) is 10.1 Å². The molecule has 1 N–H and O–H groups in total. The lowest BCUT2D eigenvalue weighted by Crippen LogP contribution is -2.22. The molecule has 0 atom stereocenters. The Labute approximate surface area is 140 Å². The Hall–Kier alpha value is -3.12. The summed E-state index contributed by atoms with van der Waals surface area (Å²) < 4.78 is 79.3. The second-order valence-corrected chi connectivity index (χ2v) is 4.71. The second-order valence-electron chi connectivity index (χ2n) is 4.71. The topological polar surface area (TPSA) is 90.2 Å². The Morgan fingerprint density at radius 3 is 2.38 bits per heavy atom. The van der Waals surface area contributed by atoms with Crippen LogP contribution in [0.25, 0.3) is 0 Å². The number of nitro benzene ring substituents is 1. The first-order valence-corrected chi connectivity index (χ1v) is 6.61. The van der Waals surface area contributed by atoms with Gasteiger partial charge in [0.1, 0.15) is 11.3 Å². The highest BCUT2D eigenvalue weighted by Crippen LogP contribution is 2.36. The van der Waals surface area contributed by atoms with Crippen molar-refractivity contribution in [3.63, 3.8) is 0 Å². The lowest BCUT2D eigenvalue weighted by molar-refractivity contribution is -0.383. The summed E-state index contributed by atoms with van der Waals surface area (Å²) in [4.78, 5) is 16.7. The SMILES string of the molecule is O=[N+]([O-])c1ccccc1Nc1ncc(C(F)(F)F)c(OCC(F)(F)F)n1. The molecule has 0 aliphatic carbocycles. The van der Waals surface area contributed by atoms with Crippen molar-refractivity contribution in [3.05, 3.63) is 46.1 Å². The molecule has 0 unspecified atom stereocenters. The van der Waals surface area contributed by atoms with Crippen molar-refractivity contribution < 1.29 is 36.0 Å². The third kappa shape index (κ3) is 4.94. The van der Waals surface area contributed by atoms with Gasteiger partial charge in [0.25, 0.3) is 5.69 Å². The number of para-hydroxylation sites is 2. The van der Waals surface area contributed by atoms with Gasteiger partial charge in [0, 0.05) is 12.3 Å². The molecule has 0 saturated carbocycles. The van der Waals surface area contributed by atoms with E-state index in [1.807, 2.05) is 0 Å². The Morgan fingerprint density at radius 1 is 1.15 bits per heavy atom. The van der Waals surface area contributed by atoms with Gasteiger partial charge in [0.2, 0.25) is 11.8 Å². The number of hydrogen-bond acceptors (Lipinski definition) is 6. The lowest BCUT2D eigenvalue weighted by atomic mass is 10.2. The van der Waals surface area contributed by atoms with Crippen molar-refractivity contribution in [2.75, 3.05) is 11.9 Å². The maximum Gasteiger partial charge on any atom is 0.423 e. The standard InChI is InChI=1S/C13H8F6N4O3/c14-12(15,16)6-26-10-7(13(17,18)19)5-20-11(22-10)21-8-3-1-2-4-9(8)23(24)25/h1-5H,6H2,(H,20,21,22). The van der Waals surface area contributed by atoms with Crippen molar-refractivity contribution in [2.24, 2.45) is 0 Å². The molecular weight excluding hydrogens is 374 g/mol. The Balaban J connectivity index is 2.38. The van der Waals surface area contributed by atoms with Crippen molar-refractivity contribution in [3.8, 4) is 5.88 Å². The molecule has 2 aromatic rings. The number of benzene rings is 1. The predicted molar refractivity (Wildman–Crippen MR) is 75.0 cm³/mol. The number of halogens is 6. The van der Waals surface area contributed by atoms with E-state index >= 15 is 0 Å². The fraction of sp³-hybridized carbons (Fsp3) is 0.231. The minimum Gasteiger partial charge on any atom is -0.467 e.